The fraction of sp³-hybridized carbons (Fsp3) is 0.217. The highest BCUT2D eigenvalue weighted by Gasteiger charge is 2.31. The predicted molar refractivity (Wildman–Crippen MR) is 113 cm³/mol. The van der Waals surface area contributed by atoms with Gasteiger partial charge in [-0.2, -0.15) is 0 Å². The molecular formula is C23H23N3O3. The van der Waals surface area contributed by atoms with E-state index in [0.29, 0.717) is 22.9 Å². The maximum atomic E-state index is 13.1. The molecule has 3 aromatic rings. The van der Waals surface area contributed by atoms with Crippen molar-refractivity contribution in [3.63, 3.8) is 0 Å². The van der Waals surface area contributed by atoms with Crippen LogP contribution in [0.5, 0.6) is 11.5 Å². The Morgan fingerprint density at radius 3 is 2.66 bits per heavy atom. The van der Waals surface area contributed by atoms with Crippen LogP contribution in [0.2, 0.25) is 0 Å². The largest absolute Gasteiger partial charge is 0.497 e. The third kappa shape index (κ3) is 3.61. The van der Waals surface area contributed by atoms with Crippen LogP contribution in [0, 0.1) is 0 Å². The van der Waals surface area contributed by atoms with Crippen LogP contribution in [-0.4, -0.2) is 31.2 Å². The van der Waals surface area contributed by atoms with Crippen molar-refractivity contribution in [2.75, 3.05) is 24.4 Å². The zero-order chi connectivity index (χ0) is 20.4. The number of fused-ring (bicyclic) bond motifs is 1. The highest BCUT2D eigenvalue weighted by molar-refractivity contribution is 6.07. The molecule has 1 aliphatic rings. The lowest BCUT2D eigenvalue weighted by atomic mass is 10.1. The van der Waals surface area contributed by atoms with Gasteiger partial charge in [0.1, 0.15) is 17.3 Å². The van der Waals surface area contributed by atoms with Gasteiger partial charge in [-0.3, -0.25) is 4.79 Å². The van der Waals surface area contributed by atoms with Crippen LogP contribution in [-0.2, 0) is 6.42 Å². The van der Waals surface area contributed by atoms with Crippen LogP contribution in [0.1, 0.15) is 22.8 Å². The third-order valence-corrected chi connectivity index (χ3v) is 5.11. The van der Waals surface area contributed by atoms with E-state index in [1.165, 1.54) is 5.56 Å². The molecular weight excluding hydrogens is 366 g/mol. The Labute approximate surface area is 170 Å². The molecule has 1 amide bonds. The number of aromatic nitrogens is 1. The summed E-state index contributed by atoms with van der Waals surface area (Å²) in [5.41, 5.74) is 3.50. The van der Waals surface area contributed by atoms with Gasteiger partial charge in [-0.15, -0.1) is 0 Å². The van der Waals surface area contributed by atoms with Crippen molar-refractivity contribution >= 4 is 23.1 Å². The van der Waals surface area contributed by atoms with Gasteiger partial charge in [0.2, 0.25) is 0 Å². The molecule has 1 aromatic heterocycles. The number of benzene rings is 2. The summed E-state index contributed by atoms with van der Waals surface area (Å²) in [5, 5.41) is 3.22. The highest BCUT2D eigenvalue weighted by atomic mass is 16.5. The van der Waals surface area contributed by atoms with Crippen molar-refractivity contribution in [3.05, 3.63) is 71.9 Å². The zero-order valence-electron chi connectivity index (χ0n) is 16.7. The standard InChI is InChI=1S/C23H23N3O3/c1-15-12-16-6-4-5-7-20(16)26(15)23(27)17-8-11-22(24-14-17)25-19-10-9-18(28-2)13-21(19)29-3/h4-11,13-15H,12H2,1-3H3,(H,24,25). The molecule has 1 N–H and O–H groups in total. The van der Waals surface area contributed by atoms with Gasteiger partial charge in [0.15, 0.2) is 0 Å². The van der Waals surface area contributed by atoms with E-state index in [1.54, 1.807) is 38.6 Å². The summed E-state index contributed by atoms with van der Waals surface area (Å²) in [6.45, 7) is 2.07. The minimum atomic E-state index is -0.0384. The lowest BCUT2D eigenvalue weighted by Crippen LogP contribution is -2.35. The van der Waals surface area contributed by atoms with E-state index < -0.39 is 0 Å². The number of rotatable bonds is 5. The first-order valence-electron chi connectivity index (χ1n) is 9.47. The van der Waals surface area contributed by atoms with E-state index in [9.17, 15) is 4.79 Å². The summed E-state index contributed by atoms with van der Waals surface area (Å²) in [4.78, 5) is 19.4. The summed E-state index contributed by atoms with van der Waals surface area (Å²) >= 11 is 0. The van der Waals surface area contributed by atoms with E-state index in [0.717, 1.165) is 17.8 Å². The Hall–Kier alpha value is -3.54. The van der Waals surface area contributed by atoms with Gasteiger partial charge in [0.05, 0.1) is 25.5 Å². The first-order chi connectivity index (χ1) is 14.1. The Bertz CT molecular complexity index is 1030. The van der Waals surface area contributed by atoms with E-state index in [4.69, 9.17) is 9.47 Å². The van der Waals surface area contributed by atoms with Crippen LogP contribution in [0.3, 0.4) is 0 Å². The number of ether oxygens (including phenoxy) is 2. The first kappa shape index (κ1) is 18.8. The maximum Gasteiger partial charge on any atom is 0.260 e. The van der Waals surface area contributed by atoms with Gasteiger partial charge in [0, 0.05) is 24.0 Å². The summed E-state index contributed by atoms with van der Waals surface area (Å²) in [7, 11) is 3.21. The van der Waals surface area contributed by atoms with E-state index in [2.05, 4.69) is 23.3 Å². The second-order valence-electron chi connectivity index (χ2n) is 6.98. The van der Waals surface area contributed by atoms with Crippen LogP contribution in [0.4, 0.5) is 17.2 Å². The number of hydrogen-bond acceptors (Lipinski definition) is 5. The van der Waals surface area contributed by atoms with Gasteiger partial charge in [0.25, 0.3) is 5.91 Å². The number of methoxy groups -OCH3 is 2. The summed E-state index contributed by atoms with van der Waals surface area (Å²) in [5.74, 6) is 1.94. The molecule has 0 aliphatic carbocycles. The molecule has 0 radical (unpaired) electrons. The summed E-state index contributed by atoms with van der Waals surface area (Å²) in [6.07, 6.45) is 2.47. The smallest absolute Gasteiger partial charge is 0.260 e. The predicted octanol–water partition coefficient (Wildman–Crippen LogP) is 4.43. The van der Waals surface area contributed by atoms with Crippen LogP contribution >= 0.6 is 0 Å². The van der Waals surface area contributed by atoms with Crippen molar-refractivity contribution < 1.29 is 14.3 Å². The molecule has 6 heteroatoms. The quantitative estimate of drug-likeness (QED) is 0.699. The number of anilines is 3. The van der Waals surface area contributed by atoms with Gasteiger partial charge in [-0.25, -0.2) is 4.98 Å². The van der Waals surface area contributed by atoms with Crippen LogP contribution < -0.4 is 19.7 Å². The molecule has 0 saturated heterocycles. The summed E-state index contributed by atoms with van der Waals surface area (Å²) in [6, 6.07) is 17.3. The number of amides is 1. The molecule has 0 saturated carbocycles. The maximum absolute atomic E-state index is 13.1. The number of para-hydroxylation sites is 1. The Kier molecular flexibility index (Phi) is 5.08. The molecule has 2 heterocycles. The average molecular weight is 389 g/mol. The molecule has 2 aromatic carbocycles. The first-order valence-corrected chi connectivity index (χ1v) is 9.47. The fourth-order valence-corrected chi connectivity index (χ4v) is 3.65. The van der Waals surface area contributed by atoms with Crippen LogP contribution in [0.25, 0.3) is 0 Å². The molecule has 29 heavy (non-hydrogen) atoms. The second-order valence-corrected chi connectivity index (χ2v) is 6.98. The molecule has 1 unspecified atom stereocenters. The molecule has 1 atom stereocenters. The van der Waals surface area contributed by atoms with Crippen molar-refractivity contribution in [2.24, 2.45) is 0 Å². The lowest BCUT2D eigenvalue weighted by Gasteiger charge is -2.22. The Morgan fingerprint density at radius 1 is 1.10 bits per heavy atom. The molecule has 6 nitrogen and oxygen atoms in total. The normalized spacial score (nSPS) is 15.0. The molecule has 1 aliphatic heterocycles. The van der Waals surface area contributed by atoms with E-state index >= 15 is 0 Å². The van der Waals surface area contributed by atoms with Gasteiger partial charge in [-0.1, -0.05) is 18.2 Å². The SMILES string of the molecule is COc1ccc(Nc2ccc(C(=O)N3c4ccccc4CC3C)cn2)c(OC)c1. The number of carbonyl (C=O) groups excluding carboxylic acids is 1. The molecule has 148 valence electrons. The van der Waals surface area contributed by atoms with E-state index in [-0.39, 0.29) is 11.9 Å². The monoisotopic (exact) mass is 389 g/mol. The number of carbonyl (C=O) groups is 1. The molecule has 0 bridgehead atoms. The minimum Gasteiger partial charge on any atom is -0.497 e. The van der Waals surface area contributed by atoms with Gasteiger partial charge < -0.3 is 19.7 Å². The fourth-order valence-electron chi connectivity index (χ4n) is 3.65. The second kappa shape index (κ2) is 7.83. The summed E-state index contributed by atoms with van der Waals surface area (Å²) < 4.78 is 10.6. The van der Waals surface area contributed by atoms with Crippen molar-refractivity contribution in [2.45, 2.75) is 19.4 Å². The average Bonchev–Trinajstić information content (AvgIpc) is 3.09. The Morgan fingerprint density at radius 2 is 1.93 bits per heavy atom. The van der Waals surface area contributed by atoms with Gasteiger partial charge in [-0.05, 0) is 49.2 Å². The molecule has 0 spiro atoms. The van der Waals surface area contributed by atoms with E-state index in [1.807, 2.05) is 35.2 Å². The minimum absolute atomic E-state index is 0.0384. The number of pyridine rings is 1. The highest BCUT2D eigenvalue weighted by Crippen LogP contribution is 2.34. The van der Waals surface area contributed by atoms with Crippen LogP contribution in [0.15, 0.2) is 60.8 Å². The molecule has 4 rings (SSSR count). The number of hydrogen-bond donors (Lipinski definition) is 1. The van der Waals surface area contributed by atoms with Crippen molar-refractivity contribution in [3.8, 4) is 11.5 Å². The van der Waals surface area contributed by atoms with Gasteiger partial charge >= 0.3 is 0 Å². The topological polar surface area (TPSA) is 63.7 Å². The molecule has 0 fully saturated rings. The lowest BCUT2D eigenvalue weighted by molar-refractivity contribution is 0.0981. The van der Waals surface area contributed by atoms with Crippen molar-refractivity contribution in [1.82, 2.24) is 4.98 Å². The number of nitrogens with one attached hydrogen (secondary N) is 1. The van der Waals surface area contributed by atoms with Crippen molar-refractivity contribution in [1.29, 1.82) is 0 Å². The number of nitrogens with zero attached hydrogens (tertiary/aromatic N) is 2. The third-order valence-electron chi connectivity index (χ3n) is 5.11. The zero-order valence-corrected chi connectivity index (χ0v) is 16.7. The Balaban J connectivity index is 1.54.